The lowest BCUT2D eigenvalue weighted by molar-refractivity contribution is 0.124. The first-order chi connectivity index (χ1) is 12.3. The number of hydrogen-bond donors (Lipinski definition) is 0. The Balaban J connectivity index is 1.88. The third-order valence-electron chi connectivity index (χ3n) is 5.06. The second-order valence-electron chi connectivity index (χ2n) is 6.88. The van der Waals surface area contributed by atoms with Crippen LogP contribution in [0.3, 0.4) is 0 Å². The van der Waals surface area contributed by atoms with Gasteiger partial charge in [0.2, 0.25) is 15.9 Å². The molecule has 1 unspecified atom stereocenters. The molecule has 1 aromatic heterocycles. The highest BCUT2D eigenvalue weighted by Gasteiger charge is 2.34. The van der Waals surface area contributed by atoms with Crippen LogP contribution in [-0.2, 0) is 10.0 Å². The van der Waals surface area contributed by atoms with Crippen LogP contribution in [0.15, 0.2) is 29.6 Å². The number of ether oxygens (including phenoxy) is 1. The number of piperidine rings is 1. The molecular formula is C19H25N3O3S. The van der Waals surface area contributed by atoms with Crippen molar-refractivity contribution in [1.29, 1.82) is 0 Å². The fraction of sp³-hybridized carbons (Fsp3) is 0.474. The van der Waals surface area contributed by atoms with Crippen molar-refractivity contribution in [2.24, 2.45) is 0 Å². The van der Waals surface area contributed by atoms with Crippen LogP contribution < -0.4 is 4.74 Å². The molecule has 1 fully saturated rings. The zero-order chi connectivity index (χ0) is 18.9. The van der Waals surface area contributed by atoms with Crippen LogP contribution in [0.25, 0.3) is 0 Å². The van der Waals surface area contributed by atoms with Crippen molar-refractivity contribution >= 4 is 10.0 Å². The molecule has 0 saturated carbocycles. The smallest absolute Gasteiger partial charge is 0.243 e. The minimum atomic E-state index is -3.58. The van der Waals surface area contributed by atoms with E-state index in [2.05, 4.69) is 9.97 Å². The van der Waals surface area contributed by atoms with Crippen LogP contribution in [0.1, 0.15) is 35.1 Å². The predicted octanol–water partition coefficient (Wildman–Crippen LogP) is 2.94. The average Bonchev–Trinajstić information content (AvgIpc) is 2.61. The zero-order valence-electron chi connectivity index (χ0n) is 15.7. The SMILES string of the molecule is Cc1cc(C)c(C)c(S(=O)(=O)N2CCCC(Oc3cnccn3)C2)c1C. The van der Waals surface area contributed by atoms with Gasteiger partial charge in [-0.25, -0.2) is 13.4 Å². The first kappa shape index (κ1) is 18.8. The Bertz CT molecular complexity index is 872. The summed E-state index contributed by atoms with van der Waals surface area (Å²) in [6.45, 7) is 8.51. The van der Waals surface area contributed by atoms with Crippen LogP contribution in [-0.4, -0.2) is 41.9 Å². The molecule has 3 rings (SSSR count). The fourth-order valence-corrected chi connectivity index (χ4v) is 5.52. The summed E-state index contributed by atoms with van der Waals surface area (Å²) in [4.78, 5) is 8.55. The second-order valence-corrected chi connectivity index (χ2v) is 8.75. The van der Waals surface area contributed by atoms with E-state index in [0.29, 0.717) is 23.9 Å². The average molecular weight is 375 g/mol. The number of sulfonamides is 1. The first-order valence-corrected chi connectivity index (χ1v) is 10.2. The molecule has 1 aliphatic rings. The molecule has 7 heteroatoms. The Labute approximate surface area is 155 Å². The number of rotatable bonds is 4. The maximum atomic E-state index is 13.4. The summed E-state index contributed by atoms with van der Waals surface area (Å²) in [7, 11) is -3.58. The molecule has 26 heavy (non-hydrogen) atoms. The molecule has 0 amide bonds. The van der Waals surface area contributed by atoms with E-state index in [4.69, 9.17) is 4.74 Å². The van der Waals surface area contributed by atoms with Gasteiger partial charge in [0.1, 0.15) is 6.10 Å². The third-order valence-corrected chi connectivity index (χ3v) is 7.20. The van der Waals surface area contributed by atoms with Crippen LogP contribution in [0.5, 0.6) is 5.88 Å². The highest BCUT2D eigenvalue weighted by Crippen LogP contribution is 2.30. The molecule has 0 bridgehead atoms. The molecular weight excluding hydrogens is 350 g/mol. The van der Waals surface area contributed by atoms with Gasteiger partial charge in [-0.2, -0.15) is 4.31 Å². The van der Waals surface area contributed by atoms with E-state index in [1.165, 1.54) is 0 Å². The quantitative estimate of drug-likeness (QED) is 0.821. The summed E-state index contributed by atoms with van der Waals surface area (Å²) in [5, 5.41) is 0. The summed E-state index contributed by atoms with van der Waals surface area (Å²) < 4.78 is 34.1. The lowest BCUT2D eigenvalue weighted by Gasteiger charge is -2.32. The van der Waals surface area contributed by atoms with Gasteiger partial charge in [0, 0.05) is 18.9 Å². The minimum absolute atomic E-state index is 0.221. The molecule has 1 aromatic carbocycles. The number of nitrogens with zero attached hydrogens (tertiary/aromatic N) is 3. The molecule has 140 valence electrons. The van der Waals surface area contributed by atoms with Gasteiger partial charge >= 0.3 is 0 Å². The van der Waals surface area contributed by atoms with E-state index < -0.39 is 10.0 Å². The highest BCUT2D eigenvalue weighted by atomic mass is 32.2. The molecule has 0 radical (unpaired) electrons. The normalized spacial score (nSPS) is 18.7. The zero-order valence-corrected chi connectivity index (χ0v) is 16.5. The summed E-state index contributed by atoms with van der Waals surface area (Å²) in [6.07, 6.45) is 6.03. The molecule has 1 atom stereocenters. The largest absolute Gasteiger partial charge is 0.472 e. The summed E-state index contributed by atoms with van der Waals surface area (Å²) in [5.41, 5.74) is 3.64. The van der Waals surface area contributed by atoms with Crippen molar-refractivity contribution in [1.82, 2.24) is 14.3 Å². The van der Waals surface area contributed by atoms with Gasteiger partial charge in [0.15, 0.2) is 0 Å². The van der Waals surface area contributed by atoms with Crippen LogP contribution >= 0.6 is 0 Å². The van der Waals surface area contributed by atoms with Crippen molar-refractivity contribution in [2.75, 3.05) is 13.1 Å². The highest BCUT2D eigenvalue weighted by molar-refractivity contribution is 7.89. The van der Waals surface area contributed by atoms with Gasteiger partial charge in [0.05, 0.1) is 17.6 Å². The second kappa shape index (κ2) is 7.32. The van der Waals surface area contributed by atoms with Gasteiger partial charge in [-0.15, -0.1) is 0 Å². The van der Waals surface area contributed by atoms with E-state index in [0.717, 1.165) is 35.1 Å². The predicted molar refractivity (Wildman–Crippen MR) is 99.8 cm³/mol. The van der Waals surface area contributed by atoms with E-state index >= 15 is 0 Å². The van der Waals surface area contributed by atoms with Crippen molar-refractivity contribution in [3.63, 3.8) is 0 Å². The number of benzene rings is 1. The molecule has 2 heterocycles. The summed E-state index contributed by atoms with van der Waals surface area (Å²) in [6, 6.07) is 2.04. The summed E-state index contributed by atoms with van der Waals surface area (Å²) in [5.74, 6) is 0.426. The van der Waals surface area contributed by atoms with Gasteiger partial charge in [0.25, 0.3) is 0 Å². The van der Waals surface area contributed by atoms with Gasteiger partial charge < -0.3 is 4.74 Å². The maximum Gasteiger partial charge on any atom is 0.243 e. The van der Waals surface area contributed by atoms with Crippen molar-refractivity contribution in [3.05, 3.63) is 46.9 Å². The third kappa shape index (κ3) is 3.59. The van der Waals surface area contributed by atoms with Crippen LogP contribution in [0.2, 0.25) is 0 Å². The van der Waals surface area contributed by atoms with Gasteiger partial charge in [-0.3, -0.25) is 4.98 Å². The Morgan fingerprint density at radius 1 is 1.12 bits per heavy atom. The van der Waals surface area contributed by atoms with Crippen molar-refractivity contribution in [3.8, 4) is 5.88 Å². The topological polar surface area (TPSA) is 72.4 Å². The van der Waals surface area contributed by atoms with E-state index in [1.807, 2.05) is 33.8 Å². The molecule has 0 N–H and O–H groups in total. The van der Waals surface area contributed by atoms with Crippen LogP contribution in [0.4, 0.5) is 0 Å². The number of aromatic nitrogens is 2. The lowest BCUT2D eigenvalue weighted by Crippen LogP contribution is -2.44. The number of aryl methyl sites for hydroxylation is 2. The minimum Gasteiger partial charge on any atom is -0.472 e. The van der Waals surface area contributed by atoms with E-state index in [9.17, 15) is 8.42 Å². The maximum absolute atomic E-state index is 13.4. The van der Waals surface area contributed by atoms with Gasteiger partial charge in [-0.1, -0.05) is 6.07 Å². The molecule has 1 saturated heterocycles. The monoisotopic (exact) mass is 375 g/mol. The van der Waals surface area contributed by atoms with E-state index in [1.54, 1.807) is 22.9 Å². The van der Waals surface area contributed by atoms with Crippen molar-refractivity contribution in [2.45, 2.75) is 51.5 Å². The van der Waals surface area contributed by atoms with Crippen LogP contribution in [0, 0.1) is 27.7 Å². The first-order valence-electron chi connectivity index (χ1n) is 8.81. The summed E-state index contributed by atoms with van der Waals surface area (Å²) >= 11 is 0. The van der Waals surface area contributed by atoms with Crippen molar-refractivity contribution < 1.29 is 13.2 Å². The Morgan fingerprint density at radius 2 is 1.81 bits per heavy atom. The van der Waals surface area contributed by atoms with E-state index in [-0.39, 0.29) is 6.10 Å². The molecule has 0 spiro atoms. The Kier molecular flexibility index (Phi) is 5.29. The van der Waals surface area contributed by atoms with Gasteiger partial charge in [-0.05, 0) is 62.8 Å². The lowest BCUT2D eigenvalue weighted by atomic mass is 10.0. The molecule has 2 aromatic rings. The number of hydrogen-bond acceptors (Lipinski definition) is 5. The molecule has 1 aliphatic heterocycles. The Hall–Kier alpha value is -1.99. The molecule has 6 nitrogen and oxygen atoms in total. The Morgan fingerprint density at radius 3 is 2.42 bits per heavy atom. The standard InChI is InChI=1S/C19H25N3O3S/c1-13-10-14(2)16(4)19(15(13)3)26(23,24)22-9-5-6-17(12-22)25-18-11-20-7-8-21-18/h7-8,10-11,17H,5-6,9,12H2,1-4H3. The molecule has 0 aliphatic carbocycles. The fourth-order valence-electron chi connectivity index (χ4n) is 3.43.